The van der Waals surface area contributed by atoms with E-state index in [2.05, 4.69) is 0 Å². The molecule has 0 aliphatic rings. The Bertz CT molecular complexity index is 256. The van der Waals surface area contributed by atoms with Crippen molar-refractivity contribution in [1.29, 1.82) is 0 Å². The average molecular weight is 189 g/mol. The van der Waals surface area contributed by atoms with E-state index in [1.807, 2.05) is 0 Å². The van der Waals surface area contributed by atoms with Crippen molar-refractivity contribution in [2.24, 2.45) is 0 Å². The maximum absolute atomic E-state index is 12.3. The molecule has 0 fully saturated rings. The Morgan fingerprint density at radius 1 is 1.42 bits per heavy atom. The molecular formula is C9H10ClFO. The molecule has 0 amide bonds. The van der Waals surface area contributed by atoms with E-state index in [0.717, 1.165) is 0 Å². The monoisotopic (exact) mass is 188 g/mol. The lowest BCUT2D eigenvalue weighted by molar-refractivity contribution is 0.0300. The van der Waals surface area contributed by atoms with Crippen LogP contribution in [-0.4, -0.2) is 11.8 Å². The number of halogens is 2. The highest BCUT2D eigenvalue weighted by atomic mass is 35.5. The summed E-state index contributed by atoms with van der Waals surface area (Å²) in [4.78, 5) is 0. The van der Waals surface area contributed by atoms with Crippen molar-refractivity contribution in [3.05, 3.63) is 34.9 Å². The minimum absolute atomic E-state index is 0.536. The Balaban J connectivity index is 2.96. The van der Waals surface area contributed by atoms with Crippen molar-refractivity contribution in [1.82, 2.24) is 0 Å². The lowest BCUT2D eigenvalue weighted by atomic mass is 9.98. The first-order valence-electron chi connectivity index (χ1n) is 3.60. The largest absolute Gasteiger partial charge is 0.383 e. The molecule has 12 heavy (non-hydrogen) atoms. The third-order valence-corrected chi connectivity index (χ3v) is 1.98. The molecule has 0 saturated heterocycles. The maximum Gasteiger partial charge on any atom is 0.122 e. The number of benzene rings is 1. The summed E-state index contributed by atoms with van der Waals surface area (Å²) < 4.78 is 12.3. The van der Waals surface area contributed by atoms with Gasteiger partial charge in [0.25, 0.3) is 0 Å². The second-order valence-corrected chi connectivity index (χ2v) is 3.35. The van der Waals surface area contributed by atoms with Crippen molar-refractivity contribution in [3.8, 4) is 0 Å². The van der Waals surface area contributed by atoms with Gasteiger partial charge in [-0.05, 0) is 24.6 Å². The van der Waals surface area contributed by atoms with E-state index in [-0.39, 0.29) is 0 Å². The van der Waals surface area contributed by atoms with Crippen LogP contribution < -0.4 is 0 Å². The van der Waals surface area contributed by atoms with Gasteiger partial charge in [0.15, 0.2) is 0 Å². The van der Waals surface area contributed by atoms with Gasteiger partial charge in [0.2, 0.25) is 0 Å². The highest BCUT2D eigenvalue weighted by Crippen LogP contribution is 2.22. The molecule has 1 nitrogen and oxygen atoms in total. The van der Waals surface area contributed by atoms with Crippen LogP contribution in [0.25, 0.3) is 0 Å². The smallest absolute Gasteiger partial charge is 0.122 e. The molecule has 1 atom stereocenters. The van der Waals surface area contributed by atoms with Crippen molar-refractivity contribution in [3.63, 3.8) is 0 Å². The van der Waals surface area contributed by atoms with E-state index in [4.69, 9.17) is 11.6 Å². The van der Waals surface area contributed by atoms with E-state index in [1.165, 1.54) is 6.92 Å². The Kier molecular flexibility index (Phi) is 2.70. The zero-order valence-electron chi connectivity index (χ0n) is 6.72. The molecule has 0 bridgehead atoms. The number of hydrogen-bond donors (Lipinski definition) is 1. The van der Waals surface area contributed by atoms with Crippen LogP contribution in [0.5, 0.6) is 0 Å². The van der Waals surface area contributed by atoms with Gasteiger partial charge in [0.05, 0.1) is 0 Å². The second kappa shape index (κ2) is 3.42. The highest BCUT2D eigenvalue weighted by Gasteiger charge is 2.22. The zero-order chi connectivity index (χ0) is 9.19. The first-order valence-corrected chi connectivity index (χ1v) is 3.98. The fourth-order valence-electron chi connectivity index (χ4n) is 0.886. The number of aliphatic hydroxyl groups is 1. The molecule has 1 N–H and O–H groups in total. The van der Waals surface area contributed by atoms with Crippen molar-refractivity contribution >= 4 is 11.6 Å². The second-order valence-electron chi connectivity index (χ2n) is 2.91. The Morgan fingerprint density at radius 2 is 1.92 bits per heavy atom. The standard InChI is InChI=1S/C9H10ClFO/c1-9(12,6-11)7-2-4-8(10)5-3-7/h2-5,12H,6H2,1H3/t9-/m1/s1. The van der Waals surface area contributed by atoms with Crippen molar-refractivity contribution < 1.29 is 9.50 Å². The third-order valence-electron chi connectivity index (χ3n) is 1.73. The number of rotatable bonds is 2. The lowest BCUT2D eigenvalue weighted by Crippen LogP contribution is -2.23. The number of alkyl halides is 1. The van der Waals surface area contributed by atoms with Gasteiger partial charge in [-0.3, -0.25) is 0 Å². The summed E-state index contributed by atoms with van der Waals surface area (Å²) in [6, 6.07) is 6.48. The van der Waals surface area contributed by atoms with Crippen LogP contribution in [0.3, 0.4) is 0 Å². The van der Waals surface area contributed by atoms with Crippen LogP contribution >= 0.6 is 11.6 Å². The zero-order valence-corrected chi connectivity index (χ0v) is 7.48. The molecule has 0 aliphatic heterocycles. The molecular weight excluding hydrogens is 179 g/mol. The van der Waals surface area contributed by atoms with E-state index < -0.39 is 12.3 Å². The summed E-state index contributed by atoms with van der Waals surface area (Å²) in [5.74, 6) is 0. The van der Waals surface area contributed by atoms with Gasteiger partial charge in [0, 0.05) is 5.02 Å². The normalized spacial score (nSPS) is 15.7. The summed E-state index contributed by atoms with van der Waals surface area (Å²) in [6.45, 7) is 0.630. The van der Waals surface area contributed by atoms with Crippen LogP contribution in [0.15, 0.2) is 24.3 Å². The Hall–Kier alpha value is -0.600. The third kappa shape index (κ3) is 1.96. The van der Waals surface area contributed by atoms with Gasteiger partial charge in [-0.1, -0.05) is 23.7 Å². The quantitative estimate of drug-likeness (QED) is 0.756. The predicted octanol–water partition coefficient (Wildman–Crippen LogP) is 2.52. The van der Waals surface area contributed by atoms with Gasteiger partial charge in [0.1, 0.15) is 12.3 Å². The fourth-order valence-corrected chi connectivity index (χ4v) is 1.01. The fraction of sp³-hybridized carbons (Fsp3) is 0.333. The summed E-state index contributed by atoms with van der Waals surface area (Å²) in [6.07, 6.45) is 0. The van der Waals surface area contributed by atoms with Crippen LogP contribution in [0.2, 0.25) is 5.02 Å². The van der Waals surface area contributed by atoms with Crippen molar-refractivity contribution in [2.75, 3.05) is 6.67 Å². The topological polar surface area (TPSA) is 20.2 Å². The molecule has 0 saturated carbocycles. The molecule has 0 aromatic heterocycles. The van der Waals surface area contributed by atoms with Crippen LogP contribution in [0, 0.1) is 0 Å². The van der Waals surface area contributed by atoms with Gasteiger partial charge in [-0.2, -0.15) is 0 Å². The van der Waals surface area contributed by atoms with Crippen molar-refractivity contribution in [2.45, 2.75) is 12.5 Å². The minimum atomic E-state index is -1.40. The predicted molar refractivity (Wildman–Crippen MR) is 47.0 cm³/mol. The molecule has 0 spiro atoms. The minimum Gasteiger partial charge on any atom is -0.383 e. The van der Waals surface area contributed by atoms with E-state index in [9.17, 15) is 9.50 Å². The van der Waals surface area contributed by atoms with E-state index in [1.54, 1.807) is 24.3 Å². The van der Waals surface area contributed by atoms with Crippen LogP contribution in [0.4, 0.5) is 4.39 Å². The first kappa shape index (κ1) is 9.49. The molecule has 1 aromatic rings. The molecule has 0 aliphatic carbocycles. The Morgan fingerprint density at radius 3 is 2.33 bits per heavy atom. The molecule has 1 aromatic carbocycles. The van der Waals surface area contributed by atoms with Crippen LogP contribution in [-0.2, 0) is 5.60 Å². The van der Waals surface area contributed by atoms with E-state index in [0.29, 0.717) is 10.6 Å². The van der Waals surface area contributed by atoms with Crippen LogP contribution in [0.1, 0.15) is 12.5 Å². The van der Waals surface area contributed by atoms with E-state index >= 15 is 0 Å². The molecule has 0 heterocycles. The SMILES string of the molecule is C[C@@](O)(CF)c1ccc(Cl)cc1. The molecule has 0 unspecified atom stereocenters. The maximum atomic E-state index is 12.3. The summed E-state index contributed by atoms with van der Waals surface area (Å²) >= 11 is 5.63. The average Bonchev–Trinajstić information content (AvgIpc) is 2.05. The lowest BCUT2D eigenvalue weighted by Gasteiger charge is -2.19. The molecule has 1 rings (SSSR count). The van der Waals surface area contributed by atoms with Gasteiger partial charge in [-0.25, -0.2) is 4.39 Å². The van der Waals surface area contributed by atoms with Gasteiger partial charge < -0.3 is 5.11 Å². The molecule has 66 valence electrons. The van der Waals surface area contributed by atoms with Gasteiger partial charge >= 0.3 is 0 Å². The first-order chi connectivity index (χ1) is 5.56. The summed E-state index contributed by atoms with van der Waals surface area (Å²) in [5.41, 5.74) is -0.862. The summed E-state index contributed by atoms with van der Waals surface area (Å²) in [5, 5.41) is 10.0. The summed E-state index contributed by atoms with van der Waals surface area (Å²) in [7, 11) is 0. The molecule has 3 heteroatoms. The highest BCUT2D eigenvalue weighted by molar-refractivity contribution is 6.30. The number of hydrogen-bond acceptors (Lipinski definition) is 1. The molecule has 0 radical (unpaired) electrons. The Labute approximate surface area is 75.8 Å². The van der Waals surface area contributed by atoms with Gasteiger partial charge in [-0.15, -0.1) is 0 Å².